The molecule has 0 saturated carbocycles. The van der Waals surface area contributed by atoms with E-state index in [1.165, 1.54) is 5.56 Å². The number of ether oxygens (including phenoxy) is 3. The topological polar surface area (TPSA) is 60.0 Å². The molecule has 1 amide bonds. The molecule has 0 aliphatic heterocycles. The Morgan fingerprint density at radius 2 is 1.73 bits per heavy atom. The van der Waals surface area contributed by atoms with Gasteiger partial charge in [0.1, 0.15) is 5.75 Å². The summed E-state index contributed by atoms with van der Waals surface area (Å²) in [5.74, 6) is 2.30. The molecule has 2 aromatic carbocycles. The molecule has 0 heterocycles. The average molecular weight is 415 g/mol. The van der Waals surface area contributed by atoms with Gasteiger partial charge in [-0.2, -0.15) is 0 Å². The van der Waals surface area contributed by atoms with Crippen LogP contribution in [0.5, 0.6) is 17.2 Å². The molecule has 30 heavy (non-hydrogen) atoms. The van der Waals surface area contributed by atoms with Crippen LogP contribution in [0.3, 0.4) is 0 Å². The Kier molecular flexibility index (Phi) is 10.0. The van der Waals surface area contributed by atoms with Crippen molar-refractivity contribution in [3.05, 3.63) is 48.0 Å². The fourth-order valence-corrected chi connectivity index (χ4v) is 2.95. The molecule has 0 radical (unpaired) electrons. The highest BCUT2D eigenvalue weighted by molar-refractivity contribution is 5.90. The highest BCUT2D eigenvalue weighted by Gasteiger charge is 2.08. The van der Waals surface area contributed by atoms with Gasteiger partial charge in [-0.05, 0) is 61.9 Å². The number of nitrogens with zero attached hydrogens (tertiary/aromatic N) is 1. The molecule has 0 unspecified atom stereocenters. The zero-order chi connectivity index (χ0) is 21.8. The van der Waals surface area contributed by atoms with E-state index in [0.717, 1.165) is 55.4 Å². The van der Waals surface area contributed by atoms with Crippen LogP contribution in [0.1, 0.15) is 31.7 Å². The highest BCUT2D eigenvalue weighted by atomic mass is 16.5. The molecule has 0 aliphatic carbocycles. The van der Waals surface area contributed by atoms with Crippen molar-refractivity contribution in [1.29, 1.82) is 0 Å². The number of unbranched alkanes of at least 4 members (excludes halogenated alkanes) is 1. The Morgan fingerprint density at radius 3 is 2.40 bits per heavy atom. The van der Waals surface area contributed by atoms with Crippen LogP contribution in [0.15, 0.2) is 42.5 Å². The molecule has 0 spiro atoms. The van der Waals surface area contributed by atoms with Crippen LogP contribution in [0.25, 0.3) is 0 Å². The summed E-state index contributed by atoms with van der Waals surface area (Å²) in [4.78, 5) is 14.4. The maximum Gasteiger partial charge on any atom is 0.225 e. The molecule has 6 nitrogen and oxygen atoms in total. The van der Waals surface area contributed by atoms with Crippen molar-refractivity contribution in [2.45, 2.75) is 32.6 Å². The number of methoxy groups -OCH3 is 2. The van der Waals surface area contributed by atoms with E-state index < -0.39 is 0 Å². The van der Waals surface area contributed by atoms with Gasteiger partial charge in [-0.1, -0.05) is 19.4 Å². The number of likely N-dealkylation sites (N-methyl/N-ethyl adjacent to an activating group) is 1. The fraction of sp³-hybridized carbons (Fsp3) is 0.458. The summed E-state index contributed by atoms with van der Waals surface area (Å²) >= 11 is 0. The predicted molar refractivity (Wildman–Crippen MR) is 121 cm³/mol. The van der Waals surface area contributed by atoms with Crippen LogP contribution in [-0.2, 0) is 11.2 Å². The van der Waals surface area contributed by atoms with Crippen molar-refractivity contribution in [1.82, 2.24) is 4.90 Å². The van der Waals surface area contributed by atoms with Gasteiger partial charge in [-0.15, -0.1) is 0 Å². The van der Waals surface area contributed by atoms with E-state index in [0.29, 0.717) is 13.0 Å². The van der Waals surface area contributed by atoms with E-state index in [4.69, 9.17) is 14.2 Å². The van der Waals surface area contributed by atoms with E-state index in [2.05, 4.69) is 17.1 Å². The fourth-order valence-electron chi connectivity index (χ4n) is 2.95. The lowest BCUT2D eigenvalue weighted by Gasteiger charge is -2.17. The maximum absolute atomic E-state index is 12.2. The minimum Gasteiger partial charge on any atom is -0.494 e. The maximum atomic E-state index is 12.2. The third kappa shape index (κ3) is 7.95. The number of rotatable bonds is 13. The van der Waals surface area contributed by atoms with Crippen molar-refractivity contribution < 1.29 is 19.0 Å². The Labute approximate surface area is 180 Å². The van der Waals surface area contributed by atoms with E-state index in [1.807, 2.05) is 49.5 Å². The lowest BCUT2D eigenvalue weighted by molar-refractivity contribution is -0.116. The first-order valence-electron chi connectivity index (χ1n) is 10.5. The average Bonchev–Trinajstić information content (AvgIpc) is 2.77. The van der Waals surface area contributed by atoms with Gasteiger partial charge in [-0.3, -0.25) is 4.79 Å². The summed E-state index contributed by atoms with van der Waals surface area (Å²) in [6.45, 7) is 4.40. The summed E-state index contributed by atoms with van der Waals surface area (Å²) < 4.78 is 16.3. The minimum absolute atomic E-state index is 0.00705. The summed E-state index contributed by atoms with van der Waals surface area (Å²) in [7, 11) is 5.29. The number of hydrogen-bond acceptors (Lipinski definition) is 5. The van der Waals surface area contributed by atoms with E-state index in [-0.39, 0.29) is 5.91 Å². The number of amides is 1. The van der Waals surface area contributed by atoms with Crippen molar-refractivity contribution in [3.63, 3.8) is 0 Å². The molecule has 0 aliphatic rings. The first-order chi connectivity index (χ1) is 14.5. The second-order valence-electron chi connectivity index (χ2n) is 7.27. The SMILES string of the molecule is CCCCOc1ccc(NC(=O)CCN(C)CCc2ccc(OC)c(OC)c2)cc1. The van der Waals surface area contributed by atoms with Crippen LogP contribution in [0.4, 0.5) is 5.69 Å². The van der Waals surface area contributed by atoms with Gasteiger partial charge < -0.3 is 24.4 Å². The highest BCUT2D eigenvalue weighted by Crippen LogP contribution is 2.27. The van der Waals surface area contributed by atoms with Crippen molar-refractivity contribution in [2.75, 3.05) is 46.3 Å². The molecule has 0 bridgehead atoms. The van der Waals surface area contributed by atoms with Gasteiger partial charge in [0.2, 0.25) is 5.91 Å². The second-order valence-corrected chi connectivity index (χ2v) is 7.27. The zero-order valence-corrected chi connectivity index (χ0v) is 18.6. The predicted octanol–water partition coefficient (Wildman–Crippen LogP) is 4.39. The van der Waals surface area contributed by atoms with Gasteiger partial charge in [0, 0.05) is 25.2 Å². The van der Waals surface area contributed by atoms with E-state index in [1.54, 1.807) is 14.2 Å². The number of benzene rings is 2. The lowest BCUT2D eigenvalue weighted by atomic mass is 10.1. The van der Waals surface area contributed by atoms with E-state index in [9.17, 15) is 4.79 Å². The molecule has 164 valence electrons. The Balaban J connectivity index is 1.71. The van der Waals surface area contributed by atoms with Gasteiger partial charge in [0.25, 0.3) is 0 Å². The molecule has 2 aromatic rings. The Bertz CT molecular complexity index is 777. The number of nitrogens with one attached hydrogen (secondary N) is 1. The third-order valence-electron chi connectivity index (χ3n) is 4.86. The van der Waals surface area contributed by atoms with Crippen LogP contribution in [0, 0.1) is 0 Å². The first-order valence-corrected chi connectivity index (χ1v) is 10.5. The quantitative estimate of drug-likeness (QED) is 0.493. The summed E-state index contributed by atoms with van der Waals surface area (Å²) in [5.41, 5.74) is 1.96. The Hall–Kier alpha value is -2.73. The molecule has 2 rings (SSSR count). The van der Waals surface area contributed by atoms with Gasteiger partial charge >= 0.3 is 0 Å². The van der Waals surface area contributed by atoms with Crippen molar-refractivity contribution in [2.24, 2.45) is 0 Å². The molecule has 0 atom stereocenters. The number of anilines is 1. The molecule has 6 heteroatoms. The molecular formula is C24H34N2O4. The van der Waals surface area contributed by atoms with Crippen LogP contribution in [0.2, 0.25) is 0 Å². The van der Waals surface area contributed by atoms with Crippen LogP contribution >= 0.6 is 0 Å². The standard InChI is InChI=1S/C24H34N2O4/c1-5-6-17-30-21-10-8-20(9-11-21)25-24(27)14-16-26(2)15-13-19-7-12-22(28-3)23(18-19)29-4/h7-12,18H,5-6,13-17H2,1-4H3,(H,25,27). The van der Waals surface area contributed by atoms with Gasteiger partial charge in [0.05, 0.1) is 20.8 Å². The summed E-state index contributed by atoms with van der Waals surface area (Å²) in [6, 6.07) is 13.5. The summed E-state index contributed by atoms with van der Waals surface area (Å²) in [5, 5.41) is 2.94. The van der Waals surface area contributed by atoms with Crippen LogP contribution < -0.4 is 19.5 Å². The van der Waals surface area contributed by atoms with E-state index >= 15 is 0 Å². The number of carbonyl (C=O) groups is 1. The number of carbonyl (C=O) groups excluding carboxylic acids is 1. The largest absolute Gasteiger partial charge is 0.494 e. The minimum atomic E-state index is 0.00705. The monoisotopic (exact) mass is 414 g/mol. The molecule has 0 saturated heterocycles. The number of hydrogen-bond donors (Lipinski definition) is 1. The molecule has 0 fully saturated rings. The third-order valence-corrected chi connectivity index (χ3v) is 4.86. The lowest BCUT2D eigenvalue weighted by Crippen LogP contribution is -2.26. The van der Waals surface area contributed by atoms with Crippen molar-refractivity contribution in [3.8, 4) is 17.2 Å². The first kappa shape index (κ1) is 23.5. The molecule has 0 aromatic heterocycles. The molecule has 1 N–H and O–H groups in total. The van der Waals surface area contributed by atoms with Gasteiger partial charge in [0.15, 0.2) is 11.5 Å². The molecular weight excluding hydrogens is 380 g/mol. The van der Waals surface area contributed by atoms with Crippen molar-refractivity contribution >= 4 is 11.6 Å². The summed E-state index contributed by atoms with van der Waals surface area (Å²) in [6.07, 6.45) is 3.46. The smallest absolute Gasteiger partial charge is 0.225 e. The zero-order valence-electron chi connectivity index (χ0n) is 18.6. The van der Waals surface area contributed by atoms with Gasteiger partial charge in [-0.25, -0.2) is 0 Å². The van der Waals surface area contributed by atoms with Crippen LogP contribution in [-0.4, -0.2) is 51.8 Å². The Morgan fingerprint density at radius 1 is 1.00 bits per heavy atom. The second kappa shape index (κ2) is 12.8. The normalized spacial score (nSPS) is 10.7.